The molecule has 3 atom stereocenters. The highest BCUT2D eigenvalue weighted by Crippen LogP contribution is 2.49. The standard InChI is InChI=1S/C28H22N2O5/c1-34-23-16-18(14-15-22(23)31)25-24-26(35-30(25)19-10-3-2-4-11-19)28(33)29(27(24)32)21-13-7-9-17-8-5-6-12-20(17)21/h2-16,24-26,31H,1H3/t24-,25+,26+/m0/s1. The first-order valence-corrected chi connectivity index (χ1v) is 11.3. The number of rotatable bonds is 4. The molecule has 2 amide bonds. The van der Waals surface area contributed by atoms with Crippen molar-refractivity contribution in [2.45, 2.75) is 12.1 Å². The Morgan fingerprint density at radius 3 is 2.40 bits per heavy atom. The van der Waals surface area contributed by atoms with Crippen LogP contribution in [0.3, 0.4) is 0 Å². The molecular weight excluding hydrogens is 444 g/mol. The Balaban J connectivity index is 1.48. The molecule has 2 aliphatic rings. The number of phenols is 1. The summed E-state index contributed by atoms with van der Waals surface area (Å²) in [6, 6.07) is 26.9. The highest BCUT2D eigenvalue weighted by atomic mass is 16.7. The van der Waals surface area contributed by atoms with Crippen molar-refractivity contribution < 1.29 is 24.3 Å². The number of para-hydroxylation sites is 1. The van der Waals surface area contributed by atoms with Gasteiger partial charge in [-0.3, -0.25) is 14.4 Å². The Bertz CT molecular complexity index is 1450. The summed E-state index contributed by atoms with van der Waals surface area (Å²) in [5.74, 6) is -1.24. The number of anilines is 2. The number of fused-ring (bicyclic) bond motifs is 2. The number of benzene rings is 4. The molecule has 7 nitrogen and oxygen atoms in total. The lowest BCUT2D eigenvalue weighted by Crippen LogP contribution is -2.37. The van der Waals surface area contributed by atoms with Crippen LogP contribution in [0, 0.1) is 5.92 Å². The van der Waals surface area contributed by atoms with Gasteiger partial charge in [-0.05, 0) is 41.3 Å². The Morgan fingerprint density at radius 1 is 0.857 bits per heavy atom. The molecule has 35 heavy (non-hydrogen) atoms. The van der Waals surface area contributed by atoms with Crippen molar-refractivity contribution in [1.82, 2.24) is 0 Å². The molecule has 2 fully saturated rings. The minimum Gasteiger partial charge on any atom is -0.504 e. The van der Waals surface area contributed by atoms with Crippen LogP contribution in [0.2, 0.25) is 0 Å². The summed E-state index contributed by atoms with van der Waals surface area (Å²) in [7, 11) is 1.47. The number of carbonyl (C=O) groups is 2. The van der Waals surface area contributed by atoms with E-state index in [4.69, 9.17) is 9.57 Å². The number of nitrogens with zero attached hydrogens (tertiary/aromatic N) is 2. The molecule has 0 aromatic heterocycles. The minimum absolute atomic E-state index is 0.0100. The molecule has 0 bridgehead atoms. The Kier molecular flexibility index (Phi) is 4.93. The van der Waals surface area contributed by atoms with Gasteiger partial charge in [-0.15, -0.1) is 0 Å². The number of hydrogen-bond acceptors (Lipinski definition) is 6. The SMILES string of the molecule is COc1cc([C@@H]2[C@@H]3C(=O)N(c4cccc5ccccc45)C(=O)[C@@H]3ON2c2ccccc2)ccc1O. The average molecular weight is 466 g/mol. The zero-order chi connectivity index (χ0) is 24.1. The second kappa shape index (κ2) is 8.14. The van der Waals surface area contributed by atoms with Crippen LogP contribution in [0.15, 0.2) is 91.0 Å². The molecule has 0 aliphatic carbocycles. The van der Waals surface area contributed by atoms with Crippen LogP contribution in [-0.4, -0.2) is 30.1 Å². The number of hydrogen-bond donors (Lipinski definition) is 1. The normalized spacial score (nSPS) is 21.6. The maximum atomic E-state index is 13.9. The van der Waals surface area contributed by atoms with E-state index in [1.54, 1.807) is 23.3 Å². The maximum Gasteiger partial charge on any atom is 0.266 e. The third-order valence-corrected chi connectivity index (χ3v) is 6.68. The van der Waals surface area contributed by atoms with Gasteiger partial charge >= 0.3 is 0 Å². The molecule has 2 heterocycles. The van der Waals surface area contributed by atoms with Gasteiger partial charge in [-0.1, -0.05) is 60.7 Å². The summed E-state index contributed by atoms with van der Waals surface area (Å²) in [5.41, 5.74) is 1.96. The predicted octanol–water partition coefficient (Wildman–Crippen LogP) is 4.61. The number of ether oxygens (including phenoxy) is 1. The molecule has 1 N–H and O–H groups in total. The number of hydroxylamine groups is 1. The molecule has 7 heteroatoms. The third kappa shape index (κ3) is 3.24. The van der Waals surface area contributed by atoms with E-state index in [0.29, 0.717) is 11.3 Å². The van der Waals surface area contributed by atoms with E-state index in [-0.39, 0.29) is 17.4 Å². The lowest BCUT2D eigenvalue weighted by Gasteiger charge is -2.29. The fraction of sp³-hybridized carbons (Fsp3) is 0.143. The number of carbonyl (C=O) groups excluding carboxylic acids is 2. The minimum atomic E-state index is -0.980. The maximum absolute atomic E-state index is 13.9. The summed E-state index contributed by atoms with van der Waals surface area (Å²) >= 11 is 0. The topological polar surface area (TPSA) is 79.3 Å². The molecule has 4 aromatic rings. The third-order valence-electron chi connectivity index (χ3n) is 6.68. The molecule has 0 unspecified atom stereocenters. The first kappa shape index (κ1) is 21.2. The van der Waals surface area contributed by atoms with Crippen molar-refractivity contribution in [3.05, 3.63) is 96.6 Å². The molecule has 174 valence electrons. The Morgan fingerprint density at radius 2 is 1.60 bits per heavy atom. The van der Waals surface area contributed by atoms with Gasteiger partial charge in [0, 0.05) is 5.39 Å². The summed E-state index contributed by atoms with van der Waals surface area (Å²) in [6.07, 6.45) is -0.980. The number of imide groups is 1. The van der Waals surface area contributed by atoms with Crippen LogP contribution >= 0.6 is 0 Å². The van der Waals surface area contributed by atoms with Crippen molar-refractivity contribution in [3.8, 4) is 11.5 Å². The zero-order valence-electron chi connectivity index (χ0n) is 18.9. The molecule has 4 aromatic carbocycles. The van der Waals surface area contributed by atoms with Gasteiger partial charge in [0.2, 0.25) is 5.91 Å². The van der Waals surface area contributed by atoms with Crippen LogP contribution < -0.4 is 14.7 Å². The fourth-order valence-corrected chi connectivity index (χ4v) is 5.07. The smallest absolute Gasteiger partial charge is 0.266 e. The first-order chi connectivity index (χ1) is 17.1. The van der Waals surface area contributed by atoms with E-state index < -0.39 is 24.0 Å². The number of aromatic hydroxyl groups is 1. The van der Waals surface area contributed by atoms with Gasteiger partial charge < -0.3 is 9.84 Å². The van der Waals surface area contributed by atoms with Crippen molar-refractivity contribution in [2.75, 3.05) is 17.1 Å². The summed E-state index contributed by atoms with van der Waals surface area (Å²) in [4.78, 5) is 35.1. The molecule has 2 saturated heterocycles. The number of methoxy groups -OCH3 is 1. The second-order valence-electron chi connectivity index (χ2n) is 8.60. The summed E-state index contributed by atoms with van der Waals surface area (Å²) in [5, 5.41) is 13.5. The molecule has 0 radical (unpaired) electrons. The van der Waals surface area contributed by atoms with Gasteiger partial charge in [-0.2, -0.15) is 0 Å². The van der Waals surface area contributed by atoms with E-state index in [0.717, 1.165) is 16.5 Å². The molecule has 2 aliphatic heterocycles. The van der Waals surface area contributed by atoms with Gasteiger partial charge in [0.15, 0.2) is 17.6 Å². The number of amides is 2. The van der Waals surface area contributed by atoms with Crippen molar-refractivity contribution in [3.63, 3.8) is 0 Å². The average Bonchev–Trinajstić information content (AvgIpc) is 3.40. The lowest BCUT2D eigenvalue weighted by atomic mass is 9.90. The van der Waals surface area contributed by atoms with Crippen molar-refractivity contribution in [2.24, 2.45) is 5.92 Å². The predicted molar refractivity (Wildman–Crippen MR) is 131 cm³/mol. The van der Waals surface area contributed by atoms with E-state index in [1.807, 2.05) is 66.7 Å². The monoisotopic (exact) mass is 466 g/mol. The fourth-order valence-electron chi connectivity index (χ4n) is 5.07. The van der Waals surface area contributed by atoms with Crippen LogP contribution in [0.4, 0.5) is 11.4 Å². The van der Waals surface area contributed by atoms with E-state index in [2.05, 4.69) is 0 Å². The van der Waals surface area contributed by atoms with Crippen LogP contribution in [0.25, 0.3) is 10.8 Å². The molecule has 0 saturated carbocycles. The van der Waals surface area contributed by atoms with Crippen molar-refractivity contribution >= 4 is 34.0 Å². The van der Waals surface area contributed by atoms with E-state index in [9.17, 15) is 14.7 Å². The second-order valence-corrected chi connectivity index (χ2v) is 8.60. The van der Waals surface area contributed by atoms with Crippen LogP contribution in [0.1, 0.15) is 11.6 Å². The zero-order valence-corrected chi connectivity index (χ0v) is 18.9. The van der Waals surface area contributed by atoms with E-state index in [1.165, 1.54) is 18.1 Å². The quantitative estimate of drug-likeness (QED) is 0.443. The largest absolute Gasteiger partial charge is 0.504 e. The molecular formula is C28H22N2O5. The Hall–Kier alpha value is -4.36. The first-order valence-electron chi connectivity index (χ1n) is 11.3. The van der Waals surface area contributed by atoms with Gasteiger partial charge in [-0.25, -0.2) is 9.96 Å². The molecule has 6 rings (SSSR count). The highest BCUT2D eigenvalue weighted by Gasteiger charge is 2.60. The van der Waals surface area contributed by atoms with Crippen LogP contribution in [0.5, 0.6) is 11.5 Å². The lowest BCUT2D eigenvalue weighted by molar-refractivity contribution is -0.126. The number of phenolic OH excluding ortho intramolecular Hbond substituents is 1. The van der Waals surface area contributed by atoms with Crippen LogP contribution in [-0.2, 0) is 14.4 Å². The van der Waals surface area contributed by atoms with Gasteiger partial charge in [0.05, 0.1) is 24.5 Å². The van der Waals surface area contributed by atoms with Gasteiger partial charge in [0.25, 0.3) is 5.91 Å². The highest BCUT2D eigenvalue weighted by molar-refractivity contribution is 6.26. The van der Waals surface area contributed by atoms with Gasteiger partial charge in [0.1, 0.15) is 5.92 Å². The summed E-state index contributed by atoms with van der Waals surface area (Å²) in [6.45, 7) is 0. The summed E-state index contributed by atoms with van der Waals surface area (Å²) < 4.78 is 5.31. The molecule has 0 spiro atoms. The Labute approximate surface area is 201 Å². The van der Waals surface area contributed by atoms with Crippen molar-refractivity contribution in [1.29, 1.82) is 0 Å². The van der Waals surface area contributed by atoms with E-state index >= 15 is 0 Å².